The fraction of sp³-hybridized carbons (Fsp3) is 0.600. The van der Waals surface area contributed by atoms with E-state index in [1.807, 2.05) is 0 Å². The summed E-state index contributed by atoms with van der Waals surface area (Å²) in [5.74, 6) is -1.30. The molecule has 14 heavy (non-hydrogen) atoms. The minimum absolute atomic E-state index is 0.0475. The Morgan fingerprint density at radius 3 is 2.57 bits per heavy atom. The third kappa shape index (κ3) is 2.58. The monoisotopic (exact) mass is 197 g/mol. The molecule has 0 aromatic rings. The Morgan fingerprint density at radius 2 is 2.07 bits per heavy atom. The molecule has 1 rings (SSSR count). The molecule has 0 bridgehead atoms. The number of carbonyl (C=O) groups excluding carboxylic acids is 1. The number of rotatable bonds is 4. The van der Waals surface area contributed by atoms with Crippen LogP contribution in [0.25, 0.3) is 0 Å². The van der Waals surface area contributed by atoms with Gasteiger partial charge >= 0.3 is 5.97 Å². The second-order valence-electron chi connectivity index (χ2n) is 3.58. The SMILES string of the molecule is C=CCNC(=O)[C@@H]1CC[C@H](C(=O)O)C1. The van der Waals surface area contributed by atoms with E-state index in [0.717, 1.165) is 0 Å². The van der Waals surface area contributed by atoms with E-state index in [2.05, 4.69) is 11.9 Å². The topological polar surface area (TPSA) is 66.4 Å². The molecule has 0 saturated heterocycles. The molecule has 1 fully saturated rings. The van der Waals surface area contributed by atoms with Gasteiger partial charge in [-0.2, -0.15) is 0 Å². The van der Waals surface area contributed by atoms with Crippen LogP contribution in [0.4, 0.5) is 0 Å². The second kappa shape index (κ2) is 4.79. The minimum atomic E-state index is -0.788. The van der Waals surface area contributed by atoms with Gasteiger partial charge in [0.1, 0.15) is 0 Å². The highest BCUT2D eigenvalue weighted by Gasteiger charge is 2.33. The highest BCUT2D eigenvalue weighted by Crippen LogP contribution is 2.30. The Morgan fingerprint density at radius 1 is 1.43 bits per heavy atom. The van der Waals surface area contributed by atoms with Crippen LogP contribution < -0.4 is 5.32 Å². The Balaban J connectivity index is 2.37. The van der Waals surface area contributed by atoms with Crippen LogP contribution in [0.3, 0.4) is 0 Å². The van der Waals surface area contributed by atoms with Gasteiger partial charge in [-0.15, -0.1) is 6.58 Å². The summed E-state index contributed by atoms with van der Waals surface area (Å²) in [6.45, 7) is 3.95. The Kier molecular flexibility index (Phi) is 3.68. The molecule has 0 heterocycles. The van der Waals surface area contributed by atoms with Gasteiger partial charge in [-0.25, -0.2) is 0 Å². The second-order valence-corrected chi connectivity index (χ2v) is 3.58. The third-order valence-corrected chi connectivity index (χ3v) is 2.57. The number of aliphatic carboxylic acids is 1. The lowest BCUT2D eigenvalue weighted by molar-refractivity contribution is -0.141. The van der Waals surface area contributed by atoms with Gasteiger partial charge in [-0.05, 0) is 19.3 Å². The zero-order valence-corrected chi connectivity index (χ0v) is 8.03. The number of hydrogen-bond acceptors (Lipinski definition) is 2. The predicted molar refractivity (Wildman–Crippen MR) is 51.7 cm³/mol. The van der Waals surface area contributed by atoms with E-state index in [1.165, 1.54) is 0 Å². The van der Waals surface area contributed by atoms with Crippen LogP contribution in [0.1, 0.15) is 19.3 Å². The number of amides is 1. The Labute approximate surface area is 83.0 Å². The molecule has 1 saturated carbocycles. The number of hydrogen-bond donors (Lipinski definition) is 2. The van der Waals surface area contributed by atoms with Crippen LogP contribution in [0.15, 0.2) is 12.7 Å². The molecule has 1 aliphatic carbocycles. The molecule has 0 radical (unpaired) electrons. The van der Waals surface area contributed by atoms with Gasteiger partial charge in [-0.3, -0.25) is 9.59 Å². The average Bonchev–Trinajstić information content (AvgIpc) is 2.62. The van der Waals surface area contributed by atoms with Crippen LogP contribution >= 0.6 is 0 Å². The van der Waals surface area contributed by atoms with Crippen molar-refractivity contribution in [1.29, 1.82) is 0 Å². The molecule has 0 aliphatic heterocycles. The van der Waals surface area contributed by atoms with Gasteiger partial charge in [0.2, 0.25) is 5.91 Å². The molecule has 2 N–H and O–H groups in total. The van der Waals surface area contributed by atoms with E-state index in [-0.39, 0.29) is 17.7 Å². The van der Waals surface area contributed by atoms with Gasteiger partial charge in [0.05, 0.1) is 5.92 Å². The first kappa shape index (κ1) is 10.8. The summed E-state index contributed by atoms with van der Waals surface area (Å²) >= 11 is 0. The van der Waals surface area contributed by atoms with Crippen molar-refractivity contribution in [2.45, 2.75) is 19.3 Å². The molecule has 1 aliphatic rings. The van der Waals surface area contributed by atoms with Crippen LogP contribution in [0.2, 0.25) is 0 Å². The van der Waals surface area contributed by atoms with E-state index in [4.69, 9.17) is 5.11 Å². The Hall–Kier alpha value is -1.32. The van der Waals surface area contributed by atoms with Crippen molar-refractivity contribution in [1.82, 2.24) is 5.32 Å². The van der Waals surface area contributed by atoms with Crippen molar-refractivity contribution < 1.29 is 14.7 Å². The number of carboxylic acid groups (broad SMARTS) is 1. The van der Waals surface area contributed by atoms with E-state index in [9.17, 15) is 9.59 Å². The molecule has 0 unspecified atom stereocenters. The zero-order valence-electron chi connectivity index (χ0n) is 8.03. The van der Waals surface area contributed by atoms with Crippen molar-refractivity contribution in [3.8, 4) is 0 Å². The average molecular weight is 197 g/mol. The maximum absolute atomic E-state index is 11.4. The van der Waals surface area contributed by atoms with Gasteiger partial charge < -0.3 is 10.4 Å². The molecule has 0 aromatic carbocycles. The third-order valence-electron chi connectivity index (χ3n) is 2.57. The molecular formula is C10H15NO3. The largest absolute Gasteiger partial charge is 0.481 e. The number of nitrogens with one attached hydrogen (secondary N) is 1. The predicted octanol–water partition coefficient (Wildman–Crippen LogP) is 0.789. The first-order valence-electron chi connectivity index (χ1n) is 4.76. The lowest BCUT2D eigenvalue weighted by atomic mass is 10.0. The van der Waals surface area contributed by atoms with Crippen LogP contribution in [-0.2, 0) is 9.59 Å². The van der Waals surface area contributed by atoms with Crippen LogP contribution in [0.5, 0.6) is 0 Å². The van der Waals surface area contributed by atoms with E-state index in [0.29, 0.717) is 25.8 Å². The van der Waals surface area contributed by atoms with Crippen LogP contribution in [0, 0.1) is 11.8 Å². The first-order valence-corrected chi connectivity index (χ1v) is 4.76. The zero-order chi connectivity index (χ0) is 10.6. The molecule has 0 spiro atoms. The molecule has 4 heteroatoms. The van der Waals surface area contributed by atoms with Gasteiger partial charge in [-0.1, -0.05) is 6.08 Å². The molecule has 2 atom stereocenters. The fourth-order valence-electron chi connectivity index (χ4n) is 1.76. The van der Waals surface area contributed by atoms with Gasteiger partial charge in [0, 0.05) is 12.5 Å². The smallest absolute Gasteiger partial charge is 0.306 e. The molecule has 78 valence electrons. The van der Waals surface area contributed by atoms with Crippen LogP contribution in [-0.4, -0.2) is 23.5 Å². The molecule has 0 aromatic heterocycles. The summed E-state index contributed by atoms with van der Waals surface area (Å²) in [7, 11) is 0. The van der Waals surface area contributed by atoms with Gasteiger partial charge in [0.25, 0.3) is 0 Å². The quantitative estimate of drug-likeness (QED) is 0.655. The summed E-state index contributed by atoms with van der Waals surface area (Å²) in [4.78, 5) is 22.1. The molecule has 1 amide bonds. The van der Waals surface area contributed by atoms with Crippen molar-refractivity contribution in [3.63, 3.8) is 0 Å². The standard InChI is InChI=1S/C10H15NO3/c1-2-5-11-9(12)7-3-4-8(6-7)10(13)14/h2,7-8H,1,3-6H2,(H,11,12)(H,13,14)/t7-,8+/m1/s1. The highest BCUT2D eigenvalue weighted by atomic mass is 16.4. The van der Waals surface area contributed by atoms with E-state index < -0.39 is 5.97 Å². The maximum atomic E-state index is 11.4. The summed E-state index contributed by atoms with van der Waals surface area (Å²) < 4.78 is 0. The summed E-state index contributed by atoms with van der Waals surface area (Å²) in [6, 6.07) is 0. The van der Waals surface area contributed by atoms with Gasteiger partial charge in [0.15, 0.2) is 0 Å². The van der Waals surface area contributed by atoms with E-state index >= 15 is 0 Å². The summed E-state index contributed by atoms with van der Waals surface area (Å²) in [6.07, 6.45) is 3.38. The lowest BCUT2D eigenvalue weighted by Gasteiger charge is -2.08. The minimum Gasteiger partial charge on any atom is -0.481 e. The number of carboxylic acids is 1. The Bertz CT molecular complexity index is 250. The summed E-state index contributed by atoms with van der Waals surface area (Å²) in [5.41, 5.74) is 0. The normalized spacial score (nSPS) is 25.7. The first-order chi connectivity index (χ1) is 6.65. The van der Waals surface area contributed by atoms with Crippen molar-refractivity contribution in [2.75, 3.05) is 6.54 Å². The highest BCUT2D eigenvalue weighted by molar-refractivity contribution is 5.80. The molecular weight excluding hydrogens is 182 g/mol. The maximum Gasteiger partial charge on any atom is 0.306 e. The van der Waals surface area contributed by atoms with E-state index in [1.54, 1.807) is 6.08 Å². The van der Waals surface area contributed by atoms with Crippen molar-refractivity contribution in [2.24, 2.45) is 11.8 Å². The molecule has 4 nitrogen and oxygen atoms in total. The lowest BCUT2D eigenvalue weighted by Crippen LogP contribution is -2.29. The summed E-state index contributed by atoms with van der Waals surface area (Å²) in [5, 5.41) is 11.4. The number of carbonyl (C=O) groups is 2. The fourth-order valence-corrected chi connectivity index (χ4v) is 1.76. The van der Waals surface area contributed by atoms with Crippen molar-refractivity contribution >= 4 is 11.9 Å². The van der Waals surface area contributed by atoms with Crippen molar-refractivity contribution in [3.05, 3.63) is 12.7 Å².